The zero-order valence-corrected chi connectivity index (χ0v) is 11.9. The number of nitrogens with one attached hydrogen (secondary N) is 1. The highest BCUT2D eigenvalue weighted by Gasteiger charge is 2.14. The van der Waals surface area contributed by atoms with Crippen molar-refractivity contribution in [1.82, 2.24) is 10.2 Å². The summed E-state index contributed by atoms with van der Waals surface area (Å²) in [5.74, 6) is -0.869. The molecule has 0 aliphatic carbocycles. The largest absolute Gasteiger partial charge is 0.348 e. The second-order valence-corrected chi connectivity index (χ2v) is 4.70. The van der Waals surface area contributed by atoms with E-state index in [4.69, 9.17) is 0 Å². The lowest BCUT2D eigenvalue weighted by molar-refractivity contribution is -0.131. The number of hydrogen-bond acceptors (Lipinski definition) is 2. The van der Waals surface area contributed by atoms with E-state index in [0.717, 1.165) is 11.6 Å². The molecule has 20 heavy (non-hydrogen) atoms. The van der Waals surface area contributed by atoms with Crippen LogP contribution in [0.1, 0.15) is 24.1 Å². The first kappa shape index (κ1) is 15.9. The second-order valence-electron chi connectivity index (χ2n) is 4.70. The Morgan fingerprint density at radius 1 is 1.50 bits per heavy atom. The first-order valence-electron chi connectivity index (χ1n) is 6.28. The smallest absolute Gasteiger partial charge is 0.246 e. The Bertz CT molecular complexity index is 529. The van der Waals surface area contributed by atoms with Crippen LogP contribution in [0, 0.1) is 12.7 Å². The van der Waals surface area contributed by atoms with Gasteiger partial charge in [0.15, 0.2) is 0 Å². The van der Waals surface area contributed by atoms with Gasteiger partial charge in [0, 0.05) is 7.05 Å². The molecule has 0 aliphatic rings. The molecule has 4 nitrogen and oxygen atoms in total. The molecule has 0 bridgehead atoms. The summed E-state index contributed by atoms with van der Waals surface area (Å²) >= 11 is 0. The Kier molecular flexibility index (Phi) is 5.43. The van der Waals surface area contributed by atoms with E-state index in [2.05, 4.69) is 11.9 Å². The normalized spacial score (nSPS) is 11.6. The van der Waals surface area contributed by atoms with Crippen LogP contribution in [0.3, 0.4) is 0 Å². The van der Waals surface area contributed by atoms with E-state index in [-0.39, 0.29) is 30.2 Å². The number of carbonyl (C=O) groups is 2. The summed E-state index contributed by atoms with van der Waals surface area (Å²) < 4.78 is 13.2. The van der Waals surface area contributed by atoms with Crippen LogP contribution in [0.15, 0.2) is 30.9 Å². The van der Waals surface area contributed by atoms with Gasteiger partial charge in [-0.3, -0.25) is 9.59 Å². The highest BCUT2D eigenvalue weighted by Crippen LogP contribution is 2.16. The van der Waals surface area contributed by atoms with Gasteiger partial charge in [0.05, 0.1) is 12.6 Å². The van der Waals surface area contributed by atoms with Gasteiger partial charge in [0.2, 0.25) is 11.8 Å². The van der Waals surface area contributed by atoms with E-state index >= 15 is 0 Å². The minimum atomic E-state index is -0.314. The molecular weight excluding hydrogens is 259 g/mol. The third-order valence-corrected chi connectivity index (χ3v) is 2.99. The van der Waals surface area contributed by atoms with E-state index < -0.39 is 0 Å². The van der Waals surface area contributed by atoms with Gasteiger partial charge in [-0.05, 0) is 37.1 Å². The Hall–Kier alpha value is -2.17. The number of carbonyl (C=O) groups excluding carboxylic acids is 2. The van der Waals surface area contributed by atoms with Crippen molar-refractivity contribution in [2.45, 2.75) is 19.9 Å². The van der Waals surface area contributed by atoms with Crippen LogP contribution in [0.4, 0.5) is 4.39 Å². The van der Waals surface area contributed by atoms with E-state index in [0.29, 0.717) is 5.56 Å². The molecule has 1 aromatic rings. The number of nitrogens with zero attached hydrogens (tertiary/aromatic N) is 1. The average molecular weight is 278 g/mol. The van der Waals surface area contributed by atoms with E-state index in [1.807, 2.05) is 0 Å². The number of aryl methyl sites for hydroxylation is 1. The molecule has 0 unspecified atom stereocenters. The molecule has 1 N–H and O–H groups in total. The van der Waals surface area contributed by atoms with E-state index in [1.54, 1.807) is 26.0 Å². The first-order chi connectivity index (χ1) is 9.35. The molecule has 1 rings (SSSR count). The van der Waals surface area contributed by atoms with Gasteiger partial charge in [0.1, 0.15) is 5.82 Å². The fraction of sp³-hybridized carbons (Fsp3) is 0.333. The molecule has 1 aromatic carbocycles. The van der Waals surface area contributed by atoms with E-state index in [1.165, 1.54) is 18.0 Å². The van der Waals surface area contributed by atoms with Gasteiger partial charge < -0.3 is 10.2 Å². The molecule has 5 heteroatoms. The highest BCUT2D eigenvalue weighted by molar-refractivity contribution is 5.90. The zero-order chi connectivity index (χ0) is 15.3. The molecule has 0 heterocycles. The molecule has 2 amide bonds. The maximum absolute atomic E-state index is 13.2. The highest BCUT2D eigenvalue weighted by atomic mass is 19.1. The van der Waals surface area contributed by atoms with Crippen molar-refractivity contribution in [3.8, 4) is 0 Å². The molecule has 0 aromatic heterocycles. The minimum absolute atomic E-state index is 0.0463. The van der Waals surface area contributed by atoms with Crippen LogP contribution in [0.2, 0.25) is 0 Å². The summed E-state index contributed by atoms with van der Waals surface area (Å²) in [6.45, 7) is 6.79. The number of benzene rings is 1. The fourth-order valence-electron chi connectivity index (χ4n) is 1.76. The monoisotopic (exact) mass is 278 g/mol. The molecule has 0 aliphatic heterocycles. The van der Waals surface area contributed by atoms with E-state index in [9.17, 15) is 14.0 Å². The molecule has 0 radical (unpaired) electrons. The molecule has 0 saturated carbocycles. The van der Waals surface area contributed by atoms with Crippen LogP contribution < -0.4 is 5.32 Å². The summed E-state index contributed by atoms with van der Waals surface area (Å²) in [5, 5.41) is 2.76. The van der Waals surface area contributed by atoms with Gasteiger partial charge in [0.25, 0.3) is 0 Å². The van der Waals surface area contributed by atoms with Crippen LogP contribution in [-0.2, 0) is 9.59 Å². The number of likely N-dealkylation sites (N-methyl/N-ethyl adjacent to an activating group) is 1. The van der Waals surface area contributed by atoms with Gasteiger partial charge in [-0.1, -0.05) is 18.7 Å². The second kappa shape index (κ2) is 6.84. The van der Waals surface area contributed by atoms with Crippen molar-refractivity contribution in [1.29, 1.82) is 0 Å². The Morgan fingerprint density at radius 2 is 2.15 bits per heavy atom. The predicted octanol–water partition coefficient (Wildman–Crippen LogP) is 1.96. The lowest BCUT2D eigenvalue weighted by atomic mass is 10.1. The van der Waals surface area contributed by atoms with Gasteiger partial charge >= 0.3 is 0 Å². The predicted molar refractivity (Wildman–Crippen MR) is 75.5 cm³/mol. The third-order valence-electron chi connectivity index (χ3n) is 2.99. The molecule has 108 valence electrons. The van der Waals surface area contributed by atoms with Gasteiger partial charge in [-0.2, -0.15) is 0 Å². The molecule has 0 fully saturated rings. The number of rotatable bonds is 5. The molecule has 0 saturated heterocycles. The third kappa shape index (κ3) is 4.19. The standard InChI is InChI=1S/C15H19FN2O2/c1-5-15(20)18(4)9-14(19)17-11(3)12-6-7-13(16)10(2)8-12/h5-8,11H,1,9H2,2-4H3,(H,17,19)/t11-/m1/s1. The van der Waals surface area contributed by atoms with Crippen molar-refractivity contribution in [3.05, 3.63) is 47.8 Å². The van der Waals surface area contributed by atoms with Crippen molar-refractivity contribution in [3.63, 3.8) is 0 Å². The number of amides is 2. The Balaban J connectivity index is 2.63. The summed E-state index contributed by atoms with van der Waals surface area (Å²) in [7, 11) is 1.52. The summed E-state index contributed by atoms with van der Waals surface area (Å²) in [6, 6.07) is 4.44. The maximum atomic E-state index is 13.2. The van der Waals surface area contributed by atoms with Crippen LogP contribution in [0.5, 0.6) is 0 Å². The zero-order valence-electron chi connectivity index (χ0n) is 11.9. The molecule has 1 atom stereocenters. The maximum Gasteiger partial charge on any atom is 0.246 e. The lowest BCUT2D eigenvalue weighted by Gasteiger charge is -2.18. The summed E-state index contributed by atoms with van der Waals surface area (Å²) in [6.07, 6.45) is 1.15. The van der Waals surface area contributed by atoms with Gasteiger partial charge in [-0.25, -0.2) is 4.39 Å². The van der Waals surface area contributed by atoms with Gasteiger partial charge in [-0.15, -0.1) is 0 Å². The first-order valence-corrected chi connectivity index (χ1v) is 6.28. The van der Waals surface area contributed by atoms with Crippen LogP contribution >= 0.6 is 0 Å². The van der Waals surface area contributed by atoms with Crippen LogP contribution in [0.25, 0.3) is 0 Å². The Labute approximate surface area is 118 Å². The Morgan fingerprint density at radius 3 is 2.70 bits per heavy atom. The topological polar surface area (TPSA) is 49.4 Å². The van der Waals surface area contributed by atoms with Crippen molar-refractivity contribution < 1.29 is 14.0 Å². The summed E-state index contributed by atoms with van der Waals surface area (Å²) in [5.41, 5.74) is 1.34. The van der Waals surface area contributed by atoms with Crippen LogP contribution in [-0.4, -0.2) is 30.3 Å². The SMILES string of the molecule is C=CC(=O)N(C)CC(=O)N[C@H](C)c1ccc(F)c(C)c1. The molecule has 0 spiro atoms. The molecular formula is C15H19FN2O2. The van der Waals surface area contributed by atoms with Crippen molar-refractivity contribution in [2.75, 3.05) is 13.6 Å². The number of halogens is 1. The fourth-order valence-corrected chi connectivity index (χ4v) is 1.76. The van der Waals surface area contributed by atoms with Crippen molar-refractivity contribution in [2.24, 2.45) is 0 Å². The minimum Gasteiger partial charge on any atom is -0.348 e. The average Bonchev–Trinajstić information content (AvgIpc) is 2.40. The van der Waals surface area contributed by atoms with Crippen molar-refractivity contribution >= 4 is 11.8 Å². The quantitative estimate of drug-likeness (QED) is 0.837. The lowest BCUT2D eigenvalue weighted by Crippen LogP contribution is -2.38. The summed E-state index contributed by atoms with van der Waals surface area (Å²) in [4.78, 5) is 24.3. The number of hydrogen-bond donors (Lipinski definition) is 1.